The van der Waals surface area contributed by atoms with E-state index in [4.69, 9.17) is 15.7 Å². The molecule has 0 heterocycles. The molecule has 2 aromatic carbocycles. The van der Waals surface area contributed by atoms with Gasteiger partial charge in [0.25, 0.3) is 0 Å². The molecule has 0 saturated heterocycles. The highest BCUT2D eigenvalue weighted by atomic mass is 16.5. The lowest BCUT2D eigenvalue weighted by molar-refractivity contribution is 0.0473. The average Bonchev–Trinajstić information content (AvgIpc) is 2.45. The fourth-order valence-electron chi connectivity index (χ4n) is 1.87. The lowest BCUT2D eigenvalue weighted by Gasteiger charge is -2.09. The van der Waals surface area contributed by atoms with Crippen LogP contribution < -0.4 is 5.73 Å². The van der Waals surface area contributed by atoms with Crippen molar-refractivity contribution < 1.29 is 9.53 Å². The second kappa shape index (κ2) is 5.89. The van der Waals surface area contributed by atoms with Crippen molar-refractivity contribution >= 4 is 11.7 Å². The second-order valence-electron chi connectivity index (χ2n) is 4.42. The zero-order valence-electron chi connectivity index (χ0n) is 11.1. The summed E-state index contributed by atoms with van der Waals surface area (Å²) in [5, 5.41) is 8.71. The minimum Gasteiger partial charge on any atom is -0.457 e. The number of nitrogens with zero attached hydrogens (tertiary/aromatic N) is 1. The zero-order chi connectivity index (χ0) is 14.5. The summed E-state index contributed by atoms with van der Waals surface area (Å²) in [6, 6.07) is 14.2. The van der Waals surface area contributed by atoms with Crippen LogP contribution >= 0.6 is 0 Å². The molecule has 20 heavy (non-hydrogen) atoms. The van der Waals surface area contributed by atoms with Crippen LogP contribution in [0.15, 0.2) is 42.5 Å². The number of hydrogen-bond acceptors (Lipinski definition) is 4. The average molecular weight is 266 g/mol. The van der Waals surface area contributed by atoms with Crippen LogP contribution in [0.5, 0.6) is 0 Å². The Morgan fingerprint density at radius 1 is 1.25 bits per heavy atom. The molecule has 0 unspecified atom stereocenters. The molecule has 0 aliphatic carbocycles. The highest BCUT2D eigenvalue weighted by Gasteiger charge is 2.13. The number of hydrogen-bond donors (Lipinski definition) is 1. The van der Waals surface area contributed by atoms with Gasteiger partial charge in [-0.1, -0.05) is 24.3 Å². The van der Waals surface area contributed by atoms with E-state index in [1.807, 2.05) is 19.1 Å². The molecule has 4 heteroatoms. The number of anilines is 1. The first kappa shape index (κ1) is 13.6. The van der Waals surface area contributed by atoms with E-state index in [9.17, 15) is 4.79 Å². The fourth-order valence-corrected chi connectivity index (χ4v) is 1.87. The Balaban J connectivity index is 2.07. The van der Waals surface area contributed by atoms with Gasteiger partial charge < -0.3 is 10.5 Å². The maximum absolute atomic E-state index is 12.0. The van der Waals surface area contributed by atoms with Gasteiger partial charge in [0.2, 0.25) is 0 Å². The van der Waals surface area contributed by atoms with E-state index in [-0.39, 0.29) is 6.61 Å². The van der Waals surface area contributed by atoms with Crippen LogP contribution in [0.1, 0.15) is 27.0 Å². The number of carbonyl (C=O) groups is 1. The van der Waals surface area contributed by atoms with E-state index in [0.717, 1.165) is 11.1 Å². The normalized spacial score (nSPS) is 9.80. The molecule has 2 rings (SSSR count). The number of carbonyl (C=O) groups excluding carboxylic acids is 1. The standard InChI is InChI=1S/C16H14N2O2/c1-11-3-2-4-14(18)15(11)16(19)20-10-13-7-5-12(9-17)6-8-13/h2-8H,10,18H2,1H3. The Morgan fingerprint density at radius 2 is 1.95 bits per heavy atom. The third-order valence-electron chi connectivity index (χ3n) is 2.96. The lowest BCUT2D eigenvalue weighted by Crippen LogP contribution is -2.10. The summed E-state index contributed by atoms with van der Waals surface area (Å²) >= 11 is 0. The van der Waals surface area contributed by atoms with E-state index in [2.05, 4.69) is 0 Å². The first-order valence-corrected chi connectivity index (χ1v) is 6.13. The highest BCUT2D eigenvalue weighted by Crippen LogP contribution is 2.18. The fraction of sp³-hybridized carbons (Fsp3) is 0.125. The van der Waals surface area contributed by atoms with Gasteiger partial charge in [-0.3, -0.25) is 0 Å². The zero-order valence-corrected chi connectivity index (χ0v) is 11.1. The van der Waals surface area contributed by atoms with Gasteiger partial charge in [0.1, 0.15) is 6.61 Å². The molecule has 0 radical (unpaired) electrons. The lowest BCUT2D eigenvalue weighted by atomic mass is 10.1. The Kier molecular flexibility index (Phi) is 4.02. The number of nitrogens with two attached hydrogens (primary N) is 1. The highest BCUT2D eigenvalue weighted by molar-refractivity contribution is 5.96. The van der Waals surface area contributed by atoms with E-state index < -0.39 is 5.97 Å². The molecule has 2 aromatic rings. The Labute approximate surface area is 117 Å². The quantitative estimate of drug-likeness (QED) is 0.684. The summed E-state index contributed by atoms with van der Waals surface area (Å²) in [7, 11) is 0. The van der Waals surface area contributed by atoms with E-state index in [0.29, 0.717) is 16.8 Å². The molecule has 0 aromatic heterocycles. The van der Waals surface area contributed by atoms with Crippen molar-refractivity contribution in [1.29, 1.82) is 5.26 Å². The predicted molar refractivity (Wildman–Crippen MR) is 75.9 cm³/mol. The SMILES string of the molecule is Cc1cccc(N)c1C(=O)OCc1ccc(C#N)cc1. The minimum absolute atomic E-state index is 0.151. The molecule has 0 aliphatic heterocycles. The number of esters is 1. The van der Waals surface area contributed by atoms with Crippen molar-refractivity contribution in [3.05, 3.63) is 64.7 Å². The molecule has 100 valence electrons. The third kappa shape index (κ3) is 2.96. The van der Waals surface area contributed by atoms with Crippen molar-refractivity contribution in [3.8, 4) is 6.07 Å². The van der Waals surface area contributed by atoms with E-state index in [1.54, 1.807) is 36.4 Å². The van der Waals surface area contributed by atoms with Gasteiger partial charge >= 0.3 is 5.97 Å². The number of benzene rings is 2. The summed E-state index contributed by atoms with van der Waals surface area (Å²) < 4.78 is 5.25. The van der Waals surface area contributed by atoms with Crippen LogP contribution in [0.2, 0.25) is 0 Å². The van der Waals surface area contributed by atoms with Gasteiger partial charge in [-0.2, -0.15) is 5.26 Å². The number of rotatable bonds is 3. The first-order valence-electron chi connectivity index (χ1n) is 6.13. The predicted octanol–water partition coefficient (Wildman–Crippen LogP) is 2.81. The van der Waals surface area contributed by atoms with Crippen molar-refractivity contribution in [2.75, 3.05) is 5.73 Å². The van der Waals surface area contributed by atoms with Crippen LogP contribution in [-0.2, 0) is 11.3 Å². The molecule has 2 N–H and O–H groups in total. The molecular formula is C16H14N2O2. The summed E-state index contributed by atoms with van der Waals surface area (Å²) in [6.45, 7) is 1.97. The largest absolute Gasteiger partial charge is 0.457 e. The summed E-state index contributed by atoms with van der Waals surface area (Å²) in [5.41, 5.74) is 8.79. The molecule has 0 amide bonds. The Morgan fingerprint density at radius 3 is 2.55 bits per heavy atom. The molecule has 0 atom stereocenters. The summed E-state index contributed by atoms with van der Waals surface area (Å²) in [6.07, 6.45) is 0. The number of aryl methyl sites for hydroxylation is 1. The maximum Gasteiger partial charge on any atom is 0.340 e. The van der Waals surface area contributed by atoms with Crippen molar-refractivity contribution in [2.45, 2.75) is 13.5 Å². The summed E-state index contributed by atoms with van der Waals surface area (Å²) in [5.74, 6) is -0.440. The molecule has 0 fully saturated rings. The van der Waals surface area contributed by atoms with Crippen LogP contribution in [0.25, 0.3) is 0 Å². The van der Waals surface area contributed by atoms with E-state index >= 15 is 0 Å². The van der Waals surface area contributed by atoms with Gasteiger partial charge in [-0.25, -0.2) is 4.79 Å². The number of ether oxygens (including phenoxy) is 1. The third-order valence-corrected chi connectivity index (χ3v) is 2.96. The van der Waals surface area contributed by atoms with Gasteiger partial charge in [0, 0.05) is 5.69 Å². The topological polar surface area (TPSA) is 76.1 Å². The van der Waals surface area contributed by atoms with Crippen LogP contribution in [0.3, 0.4) is 0 Å². The van der Waals surface area contributed by atoms with Crippen LogP contribution in [-0.4, -0.2) is 5.97 Å². The van der Waals surface area contributed by atoms with E-state index in [1.165, 1.54) is 0 Å². The molecule has 0 saturated carbocycles. The van der Waals surface area contributed by atoms with Crippen LogP contribution in [0, 0.1) is 18.3 Å². The number of nitrogen functional groups attached to an aromatic ring is 1. The second-order valence-corrected chi connectivity index (χ2v) is 4.42. The van der Waals surface area contributed by atoms with Crippen molar-refractivity contribution in [1.82, 2.24) is 0 Å². The van der Waals surface area contributed by atoms with Gasteiger partial charge in [0.05, 0.1) is 17.2 Å². The molecule has 0 bridgehead atoms. The Hall–Kier alpha value is -2.80. The van der Waals surface area contributed by atoms with Crippen molar-refractivity contribution in [3.63, 3.8) is 0 Å². The monoisotopic (exact) mass is 266 g/mol. The smallest absolute Gasteiger partial charge is 0.340 e. The minimum atomic E-state index is -0.440. The molecule has 0 aliphatic rings. The van der Waals surface area contributed by atoms with Gasteiger partial charge in [0.15, 0.2) is 0 Å². The van der Waals surface area contributed by atoms with Crippen LogP contribution in [0.4, 0.5) is 5.69 Å². The van der Waals surface area contributed by atoms with Gasteiger partial charge in [-0.05, 0) is 36.2 Å². The molecule has 4 nitrogen and oxygen atoms in total. The maximum atomic E-state index is 12.0. The van der Waals surface area contributed by atoms with Gasteiger partial charge in [-0.15, -0.1) is 0 Å². The first-order chi connectivity index (χ1) is 9.61. The molecular weight excluding hydrogens is 252 g/mol. The van der Waals surface area contributed by atoms with Crippen molar-refractivity contribution in [2.24, 2.45) is 0 Å². The Bertz CT molecular complexity index is 650. The summed E-state index contributed by atoms with van der Waals surface area (Å²) in [4.78, 5) is 12.0. The molecule has 0 spiro atoms. The number of nitriles is 1.